The van der Waals surface area contributed by atoms with Gasteiger partial charge in [-0.25, -0.2) is 0 Å². The average Bonchev–Trinajstić information content (AvgIpc) is 2.01. The van der Waals surface area contributed by atoms with Gasteiger partial charge in [0.05, 0.1) is 6.54 Å². The quantitative estimate of drug-likeness (QED) is 0.661. The van der Waals surface area contributed by atoms with Gasteiger partial charge in [-0.1, -0.05) is 19.6 Å². The maximum atomic E-state index is 5.31. The molecule has 0 amide bonds. The molecule has 2 heteroatoms. The van der Waals surface area contributed by atoms with Crippen LogP contribution in [0.1, 0.15) is 6.92 Å². The fraction of sp³-hybridized carbons (Fsp3) is 0.333. The van der Waals surface area contributed by atoms with Crippen LogP contribution in [0.15, 0.2) is 36.3 Å². The Bertz CT molecular complexity index is 204. The normalized spacial score (nSPS) is 16.1. The molecule has 0 spiro atoms. The number of allylic oxidation sites excluding steroid dienone is 3. The lowest BCUT2D eigenvalue weighted by Crippen LogP contribution is -2.17. The average molecular weight is 151 g/mol. The van der Waals surface area contributed by atoms with E-state index in [4.69, 9.17) is 4.74 Å². The molecule has 0 saturated carbocycles. The van der Waals surface area contributed by atoms with Crippen LogP contribution in [0, 0.1) is 0 Å². The summed E-state index contributed by atoms with van der Waals surface area (Å²) in [6, 6.07) is 0. The Balaban J connectivity index is 2.39. The highest BCUT2D eigenvalue weighted by Gasteiger charge is 2.01. The van der Waals surface area contributed by atoms with Crippen molar-refractivity contribution >= 4 is 0 Å². The molecule has 0 saturated heterocycles. The maximum Gasteiger partial charge on any atom is 0.119 e. The second kappa shape index (κ2) is 3.98. The molecule has 2 nitrogen and oxygen atoms in total. The lowest BCUT2D eigenvalue weighted by Gasteiger charge is -2.12. The van der Waals surface area contributed by atoms with Crippen molar-refractivity contribution in [1.82, 2.24) is 5.32 Å². The second-order valence-corrected chi connectivity index (χ2v) is 2.34. The Morgan fingerprint density at radius 2 is 2.45 bits per heavy atom. The molecule has 0 bridgehead atoms. The van der Waals surface area contributed by atoms with E-state index in [2.05, 4.69) is 18.8 Å². The molecule has 0 aromatic heterocycles. The Labute approximate surface area is 67.2 Å². The molecule has 0 aromatic rings. The molecular weight excluding hydrogens is 138 g/mol. The van der Waals surface area contributed by atoms with Crippen molar-refractivity contribution in [2.75, 3.05) is 13.1 Å². The number of hydrogen-bond acceptors (Lipinski definition) is 2. The molecule has 0 radical (unpaired) electrons. The monoisotopic (exact) mass is 151 g/mol. The molecular formula is C9H13NO. The third kappa shape index (κ3) is 2.60. The number of likely N-dealkylation sites (N-methyl/N-ethyl adjacent to an activating group) is 1. The van der Waals surface area contributed by atoms with Gasteiger partial charge in [-0.3, -0.25) is 0 Å². The lowest BCUT2D eigenvalue weighted by molar-refractivity contribution is 0.305. The number of nitrogens with one attached hydrogen (secondary N) is 1. The molecule has 0 aliphatic carbocycles. The predicted molar refractivity (Wildman–Crippen MR) is 46.0 cm³/mol. The van der Waals surface area contributed by atoms with Gasteiger partial charge >= 0.3 is 0 Å². The molecule has 1 rings (SSSR count). The van der Waals surface area contributed by atoms with Crippen molar-refractivity contribution in [2.24, 2.45) is 0 Å². The van der Waals surface area contributed by atoms with E-state index in [1.807, 2.05) is 18.2 Å². The van der Waals surface area contributed by atoms with Crippen molar-refractivity contribution < 1.29 is 4.74 Å². The van der Waals surface area contributed by atoms with Crippen LogP contribution in [0.2, 0.25) is 0 Å². The van der Waals surface area contributed by atoms with E-state index >= 15 is 0 Å². The highest BCUT2D eigenvalue weighted by Crippen LogP contribution is 2.10. The van der Waals surface area contributed by atoms with Crippen LogP contribution in [-0.4, -0.2) is 13.1 Å². The van der Waals surface area contributed by atoms with Gasteiger partial charge in [-0.15, -0.1) is 0 Å². The van der Waals surface area contributed by atoms with Crippen molar-refractivity contribution in [3.63, 3.8) is 0 Å². The van der Waals surface area contributed by atoms with E-state index in [1.54, 1.807) is 0 Å². The second-order valence-electron chi connectivity index (χ2n) is 2.34. The molecule has 0 aromatic carbocycles. The van der Waals surface area contributed by atoms with Crippen molar-refractivity contribution in [2.45, 2.75) is 6.92 Å². The third-order valence-corrected chi connectivity index (χ3v) is 1.38. The first-order valence-corrected chi connectivity index (χ1v) is 3.77. The zero-order valence-corrected chi connectivity index (χ0v) is 6.76. The first kappa shape index (κ1) is 8.08. The van der Waals surface area contributed by atoms with Gasteiger partial charge < -0.3 is 10.1 Å². The topological polar surface area (TPSA) is 21.3 Å². The Hall–Kier alpha value is -1.02. The van der Waals surface area contributed by atoms with Crippen molar-refractivity contribution in [1.29, 1.82) is 0 Å². The van der Waals surface area contributed by atoms with Crippen LogP contribution in [-0.2, 0) is 4.74 Å². The minimum Gasteiger partial charge on any atom is -0.461 e. The first-order chi connectivity index (χ1) is 5.33. The molecule has 11 heavy (non-hydrogen) atoms. The highest BCUT2D eigenvalue weighted by molar-refractivity contribution is 5.23. The summed E-state index contributed by atoms with van der Waals surface area (Å²) >= 11 is 0. The lowest BCUT2D eigenvalue weighted by atomic mass is 10.3. The first-order valence-electron chi connectivity index (χ1n) is 3.77. The van der Waals surface area contributed by atoms with Gasteiger partial charge in [0.25, 0.3) is 0 Å². The summed E-state index contributed by atoms with van der Waals surface area (Å²) in [5.74, 6) is 1.64. The van der Waals surface area contributed by atoms with Gasteiger partial charge in [0.2, 0.25) is 0 Å². The Morgan fingerprint density at radius 3 is 3.09 bits per heavy atom. The minimum absolute atomic E-state index is 0.709. The number of rotatable bonds is 3. The summed E-state index contributed by atoms with van der Waals surface area (Å²) < 4.78 is 5.31. The highest BCUT2D eigenvalue weighted by atomic mass is 16.5. The van der Waals surface area contributed by atoms with Gasteiger partial charge in [0.15, 0.2) is 0 Å². The van der Waals surface area contributed by atoms with E-state index < -0.39 is 0 Å². The smallest absolute Gasteiger partial charge is 0.119 e. The van der Waals surface area contributed by atoms with E-state index in [9.17, 15) is 0 Å². The van der Waals surface area contributed by atoms with E-state index in [0.29, 0.717) is 5.76 Å². The van der Waals surface area contributed by atoms with Gasteiger partial charge in [0, 0.05) is 0 Å². The van der Waals surface area contributed by atoms with Crippen LogP contribution in [0.5, 0.6) is 0 Å². The van der Waals surface area contributed by atoms with Crippen LogP contribution in [0.4, 0.5) is 0 Å². The Morgan fingerprint density at radius 1 is 1.64 bits per heavy atom. The number of hydrogen-bond donors (Lipinski definition) is 1. The largest absolute Gasteiger partial charge is 0.461 e. The zero-order chi connectivity index (χ0) is 8.10. The molecule has 0 unspecified atom stereocenters. The molecule has 0 fully saturated rings. The van der Waals surface area contributed by atoms with Crippen LogP contribution in [0.25, 0.3) is 0 Å². The van der Waals surface area contributed by atoms with Crippen molar-refractivity contribution in [3.05, 3.63) is 36.3 Å². The summed E-state index contributed by atoms with van der Waals surface area (Å²) in [5, 5.41) is 3.17. The van der Waals surface area contributed by atoms with Crippen LogP contribution >= 0.6 is 0 Å². The minimum atomic E-state index is 0.709. The SMILES string of the molecule is C=C1C=CC=C(CNCC)O1. The molecule has 60 valence electrons. The molecule has 1 aliphatic rings. The van der Waals surface area contributed by atoms with Gasteiger partial charge in [0.1, 0.15) is 11.5 Å². The predicted octanol–water partition coefficient (Wildman–Crippen LogP) is 1.58. The summed E-state index contributed by atoms with van der Waals surface area (Å²) in [6.07, 6.45) is 5.73. The van der Waals surface area contributed by atoms with Crippen LogP contribution < -0.4 is 5.32 Å². The maximum absolute atomic E-state index is 5.31. The zero-order valence-electron chi connectivity index (χ0n) is 6.76. The Kier molecular flexibility index (Phi) is 2.93. The van der Waals surface area contributed by atoms with Gasteiger partial charge in [-0.2, -0.15) is 0 Å². The molecule has 1 aliphatic heterocycles. The van der Waals surface area contributed by atoms with E-state index in [1.165, 1.54) is 0 Å². The van der Waals surface area contributed by atoms with Crippen LogP contribution in [0.3, 0.4) is 0 Å². The molecule has 1 N–H and O–H groups in total. The van der Waals surface area contributed by atoms with E-state index in [-0.39, 0.29) is 0 Å². The fourth-order valence-corrected chi connectivity index (χ4v) is 0.842. The fourth-order valence-electron chi connectivity index (χ4n) is 0.842. The standard InChI is InChI=1S/C9H13NO/c1-3-10-7-9-6-4-5-8(2)11-9/h4-6,10H,2-3,7H2,1H3. The third-order valence-electron chi connectivity index (χ3n) is 1.38. The molecule has 0 atom stereocenters. The summed E-state index contributed by atoms with van der Waals surface area (Å²) in [6.45, 7) is 7.49. The number of ether oxygens (including phenoxy) is 1. The summed E-state index contributed by atoms with van der Waals surface area (Å²) in [7, 11) is 0. The summed E-state index contributed by atoms with van der Waals surface area (Å²) in [4.78, 5) is 0. The van der Waals surface area contributed by atoms with Crippen molar-refractivity contribution in [3.8, 4) is 0 Å². The van der Waals surface area contributed by atoms with E-state index in [0.717, 1.165) is 18.8 Å². The van der Waals surface area contributed by atoms with Gasteiger partial charge in [-0.05, 0) is 18.7 Å². The molecule has 1 heterocycles. The summed E-state index contributed by atoms with van der Waals surface area (Å²) in [5.41, 5.74) is 0.